The summed E-state index contributed by atoms with van der Waals surface area (Å²) in [6.45, 7) is 2.61. The van der Waals surface area contributed by atoms with Gasteiger partial charge in [0, 0.05) is 0 Å². The minimum atomic E-state index is 0.480. The van der Waals surface area contributed by atoms with E-state index in [0.29, 0.717) is 22.4 Å². The molecule has 0 aromatic heterocycles. The minimum Gasteiger partial charge on any atom is -0.486 e. The highest BCUT2D eigenvalue weighted by atomic mass is 35.5. The molecular formula is C15H14Cl2O. The summed E-state index contributed by atoms with van der Waals surface area (Å²) in [5.41, 5.74) is 2.44. The topological polar surface area (TPSA) is 9.23 Å². The van der Waals surface area contributed by atoms with Crippen molar-refractivity contribution in [3.05, 3.63) is 63.6 Å². The van der Waals surface area contributed by atoms with Crippen LogP contribution >= 0.6 is 23.2 Å². The molecule has 0 atom stereocenters. The highest BCUT2D eigenvalue weighted by Crippen LogP contribution is 2.33. The molecule has 0 amide bonds. The van der Waals surface area contributed by atoms with Gasteiger partial charge in [-0.3, -0.25) is 0 Å². The van der Waals surface area contributed by atoms with Crippen molar-refractivity contribution in [3.63, 3.8) is 0 Å². The first-order chi connectivity index (χ1) is 8.72. The molecule has 0 aliphatic heterocycles. The van der Waals surface area contributed by atoms with E-state index in [2.05, 4.69) is 19.1 Å². The number of aryl methyl sites for hydroxylation is 1. The summed E-state index contributed by atoms with van der Waals surface area (Å²) < 4.78 is 5.73. The Morgan fingerprint density at radius 2 is 1.50 bits per heavy atom. The second-order valence-electron chi connectivity index (χ2n) is 3.96. The Balaban J connectivity index is 2.16. The van der Waals surface area contributed by atoms with E-state index in [4.69, 9.17) is 27.9 Å². The van der Waals surface area contributed by atoms with Gasteiger partial charge in [0.1, 0.15) is 6.61 Å². The Labute approximate surface area is 117 Å². The first-order valence-electron chi connectivity index (χ1n) is 5.86. The summed E-state index contributed by atoms with van der Waals surface area (Å²) in [6, 6.07) is 13.5. The quantitative estimate of drug-likeness (QED) is 0.754. The van der Waals surface area contributed by atoms with Crippen LogP contribution in [0, 0.1) is 0 Å². The lowest BCUT2D eigenvalue weighted by molar-refractivity contribution is 0.305. The van der Waals surface area contributed by atoms with E-state index in [1.165, 1.54) is 5.56 Å². The molecule has 2 rings (SSSR count). The molecule has 0 saturated carbocycles. The second-order valence-corrected chi connectivity index (χ2v) is 4.78. The smallest absolute Gasteiger partial charge is 0.156 e. The normalized spacial score (nSPS) is 10.4. The van der Waals surface area contributed by atoms with E-state index in [0.717, 1.165) is 12.0 Å². The fourth-order valence-corrected chi connectivity index (χ4v) is 2.32. The third kappa shape index (κ3) is 2.98. The van der Waals surface area contributed by atoms with Gasteiger partial charge in [-0.05, 0) is 29.7 Å². The fraction of sp³-hybridized carbons (Fsp3) is 0.200. The molecule has 0 fully saturated rings. The predicted octanol–water partition coefficient (Wildman–Crippen LogP) is 5.13. The van der Waals surface area contributed by atoms with E-state index in [1.54, 1.807) is 18.2 Å². The maximum atomic E-state index is 6.06. The molecule has 0 unspecified atom stereocenters. The first kappa shape index (κ1) is 13.3. The number of para-hydroxylation sites is 1. The molecule has 0 saturated heterocycles. The van der Waals surface area contributed by atoms with Crippen LogP contribution in [0.2, 0.25) is 10.0 Å². The molecule has 94 valence electrons. The lowest BCUT2D eigenvalue weighted by Crippen LogP contribution is -2.00. The van der Waals surface area contributed by atoms with Gasteiger partial charge in [0.2, 0.25) is 0 Å². The van der Waals surface area contributed by atoms with Crippen molar-refractivity contribution in [2.24, 2.45) is 0 Å². The van der Waals surface area contributed by atoms with E-state index >= 15 is 0 Å². The van der Waals surface area contributed by atoms with Crippen LogP contribution in [0.15, 0.2) is 42.5 Å². The Morgan fingerprint density at radius 3 is 2.11 bits per heavy atom. The first-order valence-corrected chi connectivity index (χ1v) is 6.61. The van der Waals surface area contributed by atoms with Crippen molar-refractivity contribution in [2.75, 3.05) is 0 Å². The lowest BCUT2D eigenvalue weighted by atomic mass is 10.1. The van der Waals surface area contributed by atoms with Crippen LogP contribution in [0.4, 0.5) is 0 Å². The second kappa shape index (κ2) is 6.12. The number of halogens is 2. The van der Waals surface area contributed by atoms with Crippen molar-refractivity contribution < 1.29 is 4.74 Å². The molecule has 0 aliphatic carbocycles. The van der Waals surface area contributed by atoms with Gasteiger partial charge in [-0.15, -0.1) is 0 Å². The zero-order valence-corrected chi connectivity index (χ0v) is 11.6. The van der Waals surface area contributed by atoms with Crippen LogP contribution in [-0.2, 0) is 13.0 Å². The molecule has 1 nitrogen and oxygen atoms in total. The monoisotopic (exact) mass is 280 g/mol. The lowest BCUT2D eigenvalue weighted by Gasteiger charge is -2.12. The van der Waals surface area contributed by atoms with Gasteiger partial charge < -0.3 is 4.74 Å². The van der Waals surface area contributed by atoms with Gasteiger partial charge in [0.25, 0.3) is 0 Å². The zero-order valence-electron chi connectivity index (χ0n) is 10.1. The number of ether oxygens (including phenoxy) is 1. The zero-order chi connectivity index (χ0) is 13.0. The maximum absolute atomic E-state index is 6.06. The van der Waals surface area contributed by atoms with E-state index < -0.39 is 0 Å². The summed E-state index contributed by atoms with van der Waals surface area (Å²) in [7, 11) is 0. The molecule has 18 heavy (non-hydrogen) atoms. The van der Waals surface area contributed by atoms with E-state index in [9.17, 15) is 0 Å². The van der Waals surface area contributed by atoms with Crippen LogP contribution in [0.5, 0.6) is 5.75 Å². The summed E-state index contributed by atoms with van der Waals surface area (Å²) in [4.78, 5) is 0. The van der Waals surface area contributed by atoms with Crippen LogP contribution in [0.1, 0.15) is 18.1 Å². The molecule has 0 spiro atoms. The van der Waals surface area contributed by atoms with Crippen LogP contribution in [0.3, 0.4) is 0 Å². The standard InChI is InChI=1S/C15H14Cl2O/c1-2-11-6-3-4-7-12(11)10-18-15-13(16)8-5-9-14(15)17/h3-9H,2,10H2,1H3. The number of rotatable bonds is 4. The number of hydrogen-bond donors (Lipinski definition) is 0. The van der Waals surface area contributed by atoms with Crippen LogP contribution in [-0.4, -0.2) is 0 Å². The predicted molar refractivity (Wildman–Crippen MR) is 76.6 cm³/mol. The van der Waals surface area contributed by atoms with Crippen LogP contribution in [0.25, 0.3) is 0 Å². The molecule has 0 radical (unpaired) electrons. The average molecular weight is 281 g/mol. The molecule has 0 aliphatic rings. The van der Waals surface area contributed by atoms with E-state index in [1.807, 2.05) is 12.1 Å². The van der Waals surface area contributed by atoms with E-state index in [-0.39, 0.29) is 0 Å². The molecule has 0 bridgehead atoms. The Hall–Kier alpha value is -1.18. The third-order valence-electron chi connectivity index (χ3n) is 2.79. The van der Waals surface area contributed by atoms with Crippen molar-refractivity contribution in [1.82, 2.24) is 0 Å². The minimum absolute atomic E-state index is 0.480. The average Bonchev–Trinajstić information content (AvgIpc) is 2.38. The molecule has 2 aromatic rings. The van der Waals surface area contributed by atoms with Gasteiger partial charge >= 0.3 is 0 Å². The number of benzene rings is 2. The number of hydrogen-bond acceptors (Lipinski definition) is 1. The van der Waals surface area contributed by atoms with Crippen molar-refractivity contribution in [3.8, 4) is 5.75 Å². The van der Waals surface area contributed by atoms with Crippen LogP contribution < -0.4 is 4.74 Å². The Kier molecular flexibility index (Phi) is 4.51. The van der Waals surface area contributed by atoms with Gasteiger partial charge in [-0.25, -0.2) is 0 Å². The summed E-state index contributed by atoms with van der Waals surface area (Å²) in [5, 5.41) is 1.08. The Bertz CT molecular complexity index is 518. The fourth-order valence-electron chi connectivity index (χ4n) is 1.81. The highest BCUT2D eigenvalue weighted by Gasteiger charge is 2.07. The van der Waals surface area contributed by atoms with Gasteiger partial charge in [0.05, 0.1) is 10.0 Å². The molecule has 2 aromatic carbocycles. The largest absolute Gasteiger partial charge is 0.486 e. The van der Waals surface area contributed by atoms with Crippen molar-refractivity contribution in [1.29, 1.82) is 0 Å². The molecule has 0 N–H and O–H groups in total. The third-order valence-corrected chi connectivity index (χ3v) is 3.39. The van der Waals surface area contributed by atoms with Gasteiger partial charge in [-0.1, -0.05) is 60.5 Å². The summed E-state index contributed by atoms with van der Waals surface area (Å²) in [5.74, 6) is 0.548. The van der Waals surface area contributed by atoms with Gasteiger partial charge in [0.15, 0.2) is 5.75 Å². The maximum Gasteiger partial charge on any atom is 0.156 e. The molecule has 0 heterocycles. The van der Waals surface area contributed by atoms with Crippen molar-refractivity contribution in [2.45, 2.75) is 20.0 Å². The van der Waals surface area contributed by atoms with Crippen molar-refractivity contribution >= 4 is 23.2 Å². The molecular weight excluding hydrogens is 267 g/mol. The Morgan fingerprint density at radius 1 is 0.889 bits per heavy atom. The molecule has 3 heteroatoms. The highest BCUT2D eigenvalue weighted by molar-refractivity contribution is 6.37. The summed E-state index contributed by atoms with van der Waals surface area (Å²) in [6.07, 6.45) is 0.982. The summed E-state index contributed by atoms with van der Waals surface area (Å²) >= 11 is 12.1. The SMILES string of the molecule is CCc1ccccc1COc1c(Cl)cccc1Cl. The van der Waals surface area contributed by atoms with Gasteiger partial charge in [-0.2, -0.15) is 0 Å².